The van der Waals surface area contributed by atoms with Crippen molar-refractivity contribution in [3.05, 3.63) is 71.6 Å². The number of benzene rings is 1. The lowest BCUT2D eigenvalue weighted by atomic mass is 10.0. The number of hydrogen-bond donors (Lipinski definition) is 3. The van der Waals surface area contributed by atoms with E-state index in [1.54, 1.807) is 25.9 Å². The molecule has 6 rings (SSSR count). The molecule has 3 aromatic rings. The normalized spacial score (nSPS) is 20.4. The molecule has 0 bridgehead atoms. The van der Waals surface area contributed by atoms with Crippen LogP contribution in [0.5, 0.6) is 5.75 Å². The maximum atomic E-state index is 14.1. The van der Waals surface area contributed by atoms with Crippen molar-refractivity contribution in [1.82, 2.24) is 35.1 Å². The summed E-state index contributed by atoms with van der Waals surface area (Å²) in [7, 11) is 0. The van der Waals surface area contributed by atoms with E-state index < -0.39 is 12.2 Å². The van der Waals surface area contributed by atoms with Gasteiger partial charge in [0.25, 0.3) is 0 Å². The first-order valence-corrected chi connectivity index (χ1v) is 15.6. The molecular formula is C31H36N8O4S. The van der Waals surface area contributed by atoms with E-state index >= 15 is 0 Å². The number of hydrazine groups is 1. The second-order valence-corrected chi connectivity index (χ2v) is 12.6. The molecule has 3 aliphatic rings. The largest absolute Gasteiger partial charge is 0.506 e. The maximum absolute atomic E-state index is 14.1. The predicted octanol–water partition coefficient (Wildman–Crippen LogP) is 3.01. The molecule has 1 aromatic carbocycles. The van der Waals surface area contributed by atoms with Crippen molar-refractivity contribution in [3.63, 3.8) is 0 Å². The highest BCUT2D eigenvalue weighted by Gasteiger charge is 2.52. The highest BCUT2D eigenvalue weighted by atomic mass is 32.1. The predicted molar refractivity (Wildman–Crippen MR) is 167 cm³/mol. The van der Waals surface area contributed by atoms with Crippen LogP contribution in [-0.4, -0.2) is 90.6 Å². The van der Waals surface area contributed by atoms with E-state index in [9.17, 15) is 19.5 Å². The molecule has 0 radical (unpaired) electrons. The van der Waals surface area contributed by atoms with Crippen molar-refractivity contribution in [2.45, 2.75) is 57.9 Å². The van der Waals surface area contributed by atoms with Crippen LogP contribution in [0.4, 0.5) is 9.93 Å². The van der Waals surface area contributed by atoms with Gasteiger partial charge in [0.15, 0.2) is 5.13 Å². The zero-order valence-corrected chi connectivity index (χ0v) is 25.5. The summed E-state index contributed by atoms with van der Waals surface area (Å²) in [5.41, 5.74) is 9.21. The average molecular weight is 617 g/mol. The number of pyridine rings is 1. The number of carbonyl (C=O) groups excluding carboxylic acids is 3. The van der Waals surface area contributed by atoms with Gasteiger partial charge in [-0.25, -0.2) is 9.78 Å². The Morgan fingerprint density at radius 1 is 1.23 bits per heavy atom. The standard InChI is InChI=1S/C31H36N8O4S/c1-19(2)39(31(43)34-14-20-7-4-3-5-8-20)37-18-27(41)38-24(13-22-11-12-23(40)15-33-22)29(42)36(17-26(37)38)16-21-9-6-10-25-28(21)35-30(32)44-25/h4,6-12,15,19,24,26,40H,3,5,13-14,16-18H2,1-2H3,(H2,32,35)(H,34,43)/t24-,26+/m0/s1. The van der Waals surface area contributed by atoms with Gasteiger partial charge in [-0.15, -0.1) is 0 Å². The lowest BCUT2D eigenvalue weighted by Gasteiger charge is -2.47. The number of aromatic hydroxyl groups is 1. The molecule has 44 heavy (non-hydrogen) atoms. The van der Waals surface area contributed by atoms with Gasteiger partial charge in [0, 0.05) is 31.2 Å². The Morgan fingerprint density at radius 2 is 2.07 bits per heavy atom. The minimum atomic E-state index is -0.849. The number of hydrogen-bond acceptors (Lipinski definition) is 9. The van der Waals surface area contributed by atoms with Crippen molar-refractivity contribution in [1.29, 1.82) is 0 Å². The molecular weight excluding hydrogens is 580 g/mol. The van der Waals surface area contributed by atoms with E-state index in [1.165, 1.54) is 23.6 Å². The molecule has 4 heterocycles. The van der Waals surface area contributed by atoms with Gasteiger partial charge in [-0.1, -0.05) is 41.7 Å². The van der Waals surface area contributed by atoms with E-state index in [2.05, 4.69) is 27.4 Å². The third kappa shape index (κ3) is 5.84. The average Bonchev–Trinajstić information content (AvgIpc) is 3.54. The first-order valence-electron chi connectivity index (χ1n) is 14.8. The fourth-order valence-corrected chi connectivity index (χ4v) is 6.94. The molecule has 2 aromatic heterocycles. The van der Waals surface area contributed by atoms with Crippen LogP contribution < -0.4 is 11.1 Å². The van der Waals surface area contributed by atoms with Crippen molar-refractivity contribution in [3.8, 4) is 5.75 Å². The second-order valence-electron chi connectivity index (χ2n) is 11.5. The number of carbonyl (C=O) groups is 3. The topological polar surface area (TPSA) is 148 Å². The highest BCUT2D eigenvalue weighted by molar-refractivity contribution is 7.22. The molecule has 2 atom stereocenters. The van der Waals surface area contributed by atoms with Crippen molar-refractivity contribution in [2.75, 3.05) is 25.4 Å². The molecule has 0 saturated carbocycles. The van der Waals surface area contributed by atoms with Gasteiger partial charge >= 0.3 is 6.03 Å². The molecule has 0 unspecified atom stereocenters. The monoisotopic (exact) mass is 616 g/mol. The minimum absolute atomic E-state index is 0.0142. The fraction of sp³-hybridized carbons (Fsp3) is 0.387. The Hall–Kier alpha value is -4.49. The summed E-state index contributed by atoms with van der Waals surface area (Å²) in [5.74, 6) is -0.444. The van der Waals surface area contributed by atoms with Crippen LogP contribution in [0, 0.1) is 0 Å². The number of anilines is 1. The molecule has 2 saturated heterocycles. The minimum Gasteiger partial charge on any atom is -0.506 e. The highest BCUT2D eigenvalue weighted by Crippen LogP contribution is 2.33. The van der Waals surface area contributed by atoms with E-state index in [1.807, 2.05) is 38.1 Å². The summed E-state index contributed by atoms with van der Waals surface area (Å²) < 4.78 is 0.930. The molecule has 0 spiro atoms. The first-order chi connectivity index (χ1) is 21.2. The lowest BCUT2D eigenvalue weighted by molar-refractivity contribution is -0.158. The number of nitrogens with one attached hydrogen (secondary N) is 1. The molecule has 12 nitrogen and oxygen atoms in total. The summed E-state index contributed by atoms with van der Waals surface area (Å²) in [5, 5.41) is 16.6. The molecule has 230 valence electrons. The number of rotatable bonds is 8. The van der Waals surface area contributed by atoms with Gasteiger partial charge in [0.05, 0.1) is 29.5 Å². The van der Waals surface area contributed by atoms with E-state index in [0.29, 0.717) is 17.4 Å². The zero-order chi connectivity index (χ0) is 31.0. The summed E-state index contributed by atoms with van der Waals surface area (Å²) in [6.07, 6.45) is 9.06. The second kappa shape index (κ2) is 12.2. The smallest absolute Gasteiger partial charge is 0.332 e. The van der Waals surface area contributed by atoms with E-state index in [-0.39, 0.29) is 55.7 Å². The molecule has 4 N–H and O–H groups in total. The number of nitrogens with zero attached hydrogens (tertiary/aromatic N) is 6. The van der Waals surface area contributed by atoms with Crippen molar-refractivity contribution < 1.29 is 19.5 Å². The van der Waals surface area contributed by atoms with Crippen LogP contribution in [0.3, 0.4) is 0 Å². The number of amides is 4. The van der Waals surface area contributed by atoms with E-state index in [4.69, 9.17) is 5.73 Å². The Kier molecular flexibility index (Phi) is 8.23. The van der Waals surface area contributed by atoms with Crippen LogP contribution in [0.15, 0.2) is 60.3 Å². The molecule has 1 aliphatic carbocycles. The number of urea groups is 1. The first kappa shape index (κ1) is 29.6. The van der Waals surface area contributed by atoms with Crippen LogP contribution in [0.25, 0.3) is 10.2 Å². The Balaban J connectivity index is 1.31. The number of nitrogen functional groups attached to an aromatic ring is 1. The van der Waals surface area contributed by atoms with Crippen molar-refractivity contribution >= 4 is 44.5 Å². The Bertz CT molecular complexity index is 1640. The number of para-hydroxylation sites is 1. The third-order valence-corrected chi connectivity index (χ3v) is 9.00. The quantitative estimate of drug-likeness (QED) is 0.350. The summed E-state index contributed by atoms with van der Waals surface area (Å²) in [4.78, 5) is 53.6. The fourth-order valence-electron chi connectivity index (χ4n) is 6.16. The number of aromatic nitrogens is 2. The van der Waals surface area contributed by atoms with Gasteiger partial charge in [0.2, 0.25) is 11.8 Å². The lowest BCUT2D eigenvalue weighted by Crippen LogP contribution is -2.66. The van der Waals surface area contributed by atoms with Crippen LogP contribution >= 0.6 is 11.3 Å². The number of nitrogens with two attached hydrogens (primary N) is 1. The maximum Gasteiger partial charge on any atom is 0.332 e. The summed E-state index contributed by atoms with van der Waals surface area (Å²) >= 11 is 1.39. The van der Waals surface area contributed by atoms with Gasteiger partial charge in [-0.2, -0.15) is 5.01 Å². The van der Waals surface area contributed by atoms with Crippen LogP contribution in [-0.2, 0) is 22.6 Å². The summed E-state index contributed by atoms with van der Waals surface area (Å²) in [6.45, 7) is 4.61. The number of piperazine rings is 1. The molecule has 2 fully saturated rings. The van der Waals surface area contributed by atoms with Crippen LogP contribution in [0.2, 0.25) is 0 Å². The van der Waals surface area contributed by atoms with Gasteiger partial charge < -0.3 is 26.0 Å². The van der Waals surface area contributed by atoms with E-state index in [0.717, 1.165) is 34.2 Å². The Morgan fingerprint density at radius 3 is 2.80 bits per heavy atom. The third-order valence-electron chi connectivity index (χ3n) is 8.15. The number of thiazole rings is 1. The summed E-state index contributed by atoms with van der Waals surface area (Å²) in [6, 6.07) is 7.54. The van der Waals surface area contributed by atoms with Crippen molar-refractivity contribution in [2.24, 2.45) is 0 Å². The zero-order valence-electron chi connectivity index (χ0n) is 24.7. The van der Waals surface area contributed by atoms with Crippen LogP contribution in [0.1, 0.15) is 37.9 Å². The van der Waals surface area contributed by atoms with Gasteiger partial charge in [-0.05, 0) is 56.0 Å². The van der Waals surface area contributed by atoms with Gasteiger partial charge in [-0.3, -0.25) is 19.6 Å². The SMILES string of the molecule is CC(C)N(C(=O)NCC1=CCCC=C1)N1CC(=O)N2[C@@H](Cc3ccc(O)cn3)C(=O)N(Cc3cccc4sc(N)nc34)C[C@@H]21. The molecule has 13 heteroatoms. The molecule has 2 aliphatic heterocycles. The number of fused-ring (bicyclic) bond motifs is 2. The van der Waals surface area contributed by atoms with Gasteiger partial charge in [0.1, 0.15) is 18.0 Å². The molecule has 4 amide bonds. The number of allylic oxidation sites excluding steroid dienone is 2. The Labute approximate surface area is 259 Å².